The first-order valence-corrected chi connectivity index (χ1v) is 22.2. The smallest absolute Gasteiger partial charge is 0.278 e. The summed E-state index contributed by atoms with van der Waals surface area (Å²) in [6, 6.07) is 13.4. The van der Waals surface area contributed by atoms with Gasteiger partial charge in [0.2, 0.25) is 21.8 Å². The molecule has 5 amide bonds. The van der Waals surface area contributed by atoms with Crippen molar-refractivity contribution >= 4 is 56.8 Å². The molecule has 338 valence electrons. The topological polar surface area (TPSA) is 279 Å². The van der Waals surface area contributed by atoms with Crippen LogP contribution in [0.5, 0.6) is 0 Å². The second kappa shape index (κ2) is 19.8. The number of piperidine rings is 1. The number of ether oxygens (including phenoxy) is 2. The predicted octanol–water partition coefficient (Wildman–Crippen LogP) is 1.02. The lowest BCUT2D eigenvalue weighted by molar-refractivity contribution is -0.136. The number of fused-ring (bicyclic) bond motifs is 1. The van der Waals surface area contributed by atoms with Crippen molar-refractivity contribution in [2.45, 2.75) is 36.9 Å². The molecule has 8 rings (SSSR count). The molecule has 0 radical (unpaired) electrons. The minimum Gasteiger partial charge on any atom is -0.382 e. The highest BCUT2D eigenvalue weighted by molar-refractivity contribution is 7.89. The van der Waals surface area contributed by atoms with E-state index in [4.69, 9.17) is 15.2 Å². The molecule has 0 spiro atoms. The molecule has 2 saturated heterocycles. The third kappa shape index (κ3) is 10.2. The molecular weight excluding hydrogens is 863 g/mol. The standard InChI is InChI=1S/C42H45N13O9S/c43-38-37(40(58)47-28-3-2-12-44-23-28)48-33(24-46-38)27-6-8-30(9-7-27)65(61,62)54-16-14-52(15-17-54)25-29-26-53(51-50-29)18-20-64-22-21-63-19-13-45-32-5-1-4-31-36(32)42(60)55(41(31)59)34-10-11-35(56)49-39(34)57/h1-9,12,23-24,26,34,45H,10-11,13-22,25H2,(H2,43,46)(H,47,58)(H,49,56,57). The lowest BCUT2D eigenvalue weighted by Gasteiger charge is -2.33. The van der Waals surface area contributed by atoms with Gasteiger partial charge in [0.15, 0.2) is 11.5 Å². The van der Waals surface area contributed by atoms with Gasteiger partial charge >= 0.3 is 0 Å². The molecule has 0 saturated carbocycles. The van der Waals surface area contributed by atoms with Gasteiger partial charge in [0.05, 0.1) is 78.5 Å². The van der Waals surface area contributed by atoms with Gasteiger partial charge in [-0.2, -0.15) is 4.31 Å². The van der Waals surface area contributed by atoms with Crippen molar-refractivity contribution in [3.8, 4) is 11.3 Å². The van der Waals surface area contributed by atoms with Gasteiger partial charge in [-0.25, -0.2) is 23.1 Å². The van der Waals surface area contributed by atoms with Crippen molar-refractivity contribution in [2.24, 2.45) is 0 Å². The molecule has 23 heteroatoms. The van der Waals surface area contributed by atoms with Gasteiger partial charge in [-0.3, -0.25) is 44.1 Å². The van der Waals surface area contributed by atoms with Crippen LogP contribution in [0, 0.1) is 0 Å². The average Bonchev–Trinajstić information content (AvgIpc) is 3.86. The maximum Gasteiger partial charge on any atom is 0.278 e. The highest BCUT2D eigenvalue weighted by Gasteiger charge is 2.45. The number of aromatic nitrogens is 6. The van der Waals surface area contributed by atoms with Crippen LogP contribution in [0.15, 0.2) is 84.3 Å². The molecule has 1 atom stereocenters. The zero-order chi connectivity index (χ0) is 45.5. The van der Waals surface area contributed by atoms with E-state index in [0.717, 1.165) is 10.6 Å². The molecule has 3 aliphatic rings. The Hall–Kier alpha value is -7.05. The molecule has 65 heavy (non-hydrogen) atoms. The summed E-state index contributed by atoms with van der Waals surface area (Å²) in [5, 5.41) is 16.5. The fraction of sp³-hybridized carbons (Fsp3) is 0.333. The lowest BCUT2D eigenvalue weighted by atomic mass is 10.0. The number of nitrogens with one attached hydrogen (secondary N) is 3. The van der Waals surface area contributed by atoms with E-state index < -0.39 is 45.6 Å². The number of anilines is 3. The zero-order valence-corrected chi connectivity index (χ0v) is 35.8. The van der Waals surface area contributed by atoms with Crippen LogP contribution in [0.1, 0.15) is 49.7 Å². The zero-order valence-electron chi connectivity index (χ0n) is 35.0. The number of nitrogens with two attached hydrogens (primary N) is 1. The first-order valence-electron chi connectivity index (χ1n) is 20.8. The number of rotatable bonds is 18. The number of nitrogen functional groups attached to an aromatic ring is 1. The summed E-state index contributed by atoms with van der Waals surface area (Å²) in [4.78, 5) is 78.8. The molecule has 0 aliphatic carbocycles. The number of amides is 5. The highest BCUT2D eigenvalue weighted by atomic mass is 32.2. The third-order valence-electron chi connectivity index (χ3n) is 10.9. The van der Waals surface area contributed by atoms with E-state index >= 15 is 0 Å². The Kier molecular flexibility index (Phi) is 13.6. The molecule has 5 aromatic rings. The highest BCUT2D eigenvalue weighted by Crippen LogP contribution is 2.32. The quantitative estimate of drug-likeness (QED) is 0.0705. The summed E-state index contributed by atoms with van der Waals surface area (Å²) in [7, 11) is -3.78. The molecule has 22 nitrogen and oxygen atoms in total. The molecule has 0 bridgehead atoms. The number of carbonyl (C=O) groups is 5. The molecule has 3 aromatic heterocycles. The Balaban J connectivity index is 0.720. The van der Waals surface area contributed by atoms with E-state index in [1.54, 1.807) is 47.3 Å². The second-order valence-electron chi connectivity index (χ2n) is 15.2. The van der Waals surface area contributed by atoms with E-state index in [1.807, 2.05) is 6.20 Å². The van der Waals surface area contributed by atoms with Gasteiger partial charge in [-0.1, -0.05) is 23.4 Å². The number of hydrogen-bond donors (Lipinski definition) is 4. The Morgan fingerprint density at radius 1 is 0.908 bits per heavy atom. The number of hydrogen-bond acceptors (Lipinski definition) is 17. The first-order chi connectivity index (χ1) is 31.5. The van der Waals surface area contributed by atoms with E-state index in [-0.39, 0.29) is 40.4 Å². The number of benzene rings is 2. The van der Waals surface area contributed by atoms with Crippen LogP contribution >= 0.6 is 0 Å². The first kappa shape index (κ1) is 44.6. The predicted molar refractivity (Wildman–Crippen MR) is 231 cm³/mol. The Labute approximate surface area is 372 Å². The molecule has 5 N–H and O–H groups in total. The van der Waals surface area contributed by atoms with Crippen molar-refractivity contribution in [3.05, 3.63) is 102 Å². The van der Waals surface area contributed by atoms with E-state index in [1.165, 1.54) is 34.9 Å². The fourth-order valence-corrected chi connectivity index (χ4v) is 8.98. The summed E-state index contributed by atoms with van der Waals surface area (Å²) in [6.45, 7) is 4.23. The number of sulfonamides is 1. The second-order valence-corrected chi connectivity index (χ2v) is 17.1. The summed E-state index contributed by atoms with van der Waals surface area (Å²) in [6.07, 6.45) is 6.45. The number of imide groups is 2. The molecule has 2 fully saturated rings. The van der Waals surface area contributed by atoms with E-state index in [9.17, 15) is 32.4 Å². The Morgan fingerprint density at radius 2 is 1.69 bits per heavy atom. The Bertz CT molecular complexity index is 2690. The van der Waals surface area contributed by atoms with Crippen molar-refractivity contribution in [1.82, 2.24) is 49.4 Å². The molecule has 6 heterocycles. The van der Waals surface area contributed by atoms with Gasteiger partial charge < -0.3 is 25.8 Å². The minimum absolute atomic E-state index is 0.0456. The summed E-state index contributed by atoms with van der Waals surface area (Å²) in [5.41, 5.74) is 8.83. The van der Waals surface area contributed by atoms with Crippen molar-refractivity contribution in [1.29, 1.82) is 0 Å². The number of carbonyl (C=O) groups excluding carboxylic acids is 5. The van der Waals surface area contributed by atoms with Crippen LogP contribution < -0.4 is 21.7 Å². The van der Waals surface area contributed by atoms with Gasteiger partial charge in [0, 0.05) is 69.3 Å². The van der Waals surface area contributed by atoms with Crippen LogP contribution in [0.3, 0.4) is 0 Å². The van der Waals surface area contributed by atoms with Gasteiger partial charge in [-0.05, 0) is 42.8 Å². The average molecular weight is 908 g/mol. The third-order valence-corrected chi connectivity index (χ3v) is 12.8. The van der Waals surface area contributed by atoms with Gasteiger partial charge in [-0.15, -0.1) is 5.10 Å². The summed E-state index contributed by atoms with van der Waals surface area (Å²) in [5.74, 6) is -2.85. The van der Waals surface area contributed by atoms with Gasteiger partial charge in [0.25, 0.3) is 17.7 Å². The number of nitrogens with zero attached hydrogens (tertiary/aromatic N) is 9. The van der Waals surface area contributed by atoms with Crippen LogP contribution in [-0.2, 0) is 42.2 Å². The minimum atomic E-state index is -3.78. The van der Waals surface area contributed by atoms with Crippen LogP contribution in [0.25, 0.3) is 11.3 Å². The maximum absolute atomic E-state index is 13.6. The van der Waals surface area contributed by atoms with E-state index in [0.29, 0.717) is 94.9 Å². The van der Waals surface area contributed by atoms with Gasteiger partial charge in [0.1, 0.15) is 6.04 Å². The van der Waals surface area contributed by atoms with Crippen molar-refractivity contribution < 1.29 is 41.9 Å². The fourth-order valence-electron chi connectivity index (χ4n) is 7.56. The van der Waals surface area contributed by atoms with Crippen molar-refractivity contribution in [3.63, 3.8) is 0 Å². The van der Waals surface area contributed by atoms with Crippen LogP contribution in [0.2, 0.25) is 0 Å². The summed E-state index contributed by atoms with van der Waals surface area (Å²) >= 11 is 0. The number of piperazine rings is 1. The largest absolute Gasteiger partial charge is 0.382 e. The lowest BCUT2D eigenvalue weighted by Crippen LogP contribution is -2.54. The number of pyridine rings is 1. The van der Waals surface area contributed by atoms with Crippen LogP contribution in [-0.4, -0.2) is 147 Å². The van der Waals surface area contributed by atoms with E-state index in [2.05, 4.69) is 46.1 Å². The molecule has 3 aliphatic heterocycles. The monoisotopic (exact) mass is 907 g/mol. The molecule has 2 aromatic carbocycles. The van der Waals surface area contributed by atoms with Crippen LogP contribution in [0.4, 0.5) is 17.2 Å². The normalized spacial score (nSPS) is 17.0. The summed E-state index contributed by atoms with van der Waals surface area (Å²) < 4.78 is 41.7. The molecule has 1 unspecified atom stereocenters. The molecular formula is C42H45N13O9S. The Morgan fingerprint density at radius 3 is 2.45 bits per heavy atom. The van der Waals surface area contributed by atoms with Crippen molar-refractivity contribution in [2.75, 3.05) is 75.5 Å². The SMILES string of the molecule is Nc1ncc(-c2ccc(S(=O)(=O)N3CCN(Cc4cn(CCOCCOCCNc5cccc6c5C(=O)N(C5CCC(=O)NC5=O)C6=O)nn4)CC3)cc2)nc1C(=O)Nc1cccnc1. The maximum atomic E-state index is 13.6.